The van der Waals surface area contributed by atoms with Crippen LogP contribution in [0.2, 0.25) is 0 Å². The number of methoxy groups -OCH3 is 1. The van der Waals surface area contributed by atoms with E-state index in [0.717, 1.165) is 35.5 Å². The maximum atomic E-state index is 12.9. The van der Waals surface area contributed by atoms with Gasteiger partial charge in [-0.2, -0.15) is 5.10 Å². The Morgan fingerprint density at radius 3 is 2.69 bits per heavy atom. The maximum Gasteiger partial charge on any atom is 0.255 e. The first-order valence-electron chi connectivity index (χ1n) is 8.55. The largest absolute Gasteiger partial charge is 0.497 e. The van der Waals surface area contributed by atoms with Crippen LogP contribution in [-0.2, 0) is 5.54 Å². The highest BCUT2D eigenvalue weighted by molar-refractivity contribution is 5.96. The predicted octanol–water partition coefficient (Wildman–Crippen LogP) is 3.00. The van der Waals surface area contributed by atoms with Crippen LogP contribution in [0, 0.1) is 6.92 Å². The number of amides is 1. The number of hydrogen-bond donors (Lipinski definition) is 1. The van der Waals surface area contributed by atoms with E-state index in [1.54, 1.807) is 30.4 Å². The van der Waals surface area contributed by atoms with E-state index in [9.17, 15) is 4.79 Å². The van der Waals surface area contributed by atoms with Crippen LogP contribution in [0.3, 0.4) is 0 Å². The fourth-order valence-electron chi connectivity index (χ4n) is 3.19. The van der Waals surface area contributed by atoms with E-state index in [2.05, 4.69) is 15.4 Å². The van der Waals surface area contributed by atoms with Crippen molar-refractivity contribution in [3.05, 3.63) is 71.8 Å². The molecular weight excluding hydrogens is 328 g/mol. The summed E-state index contributed by atoms with van der Waals surface area (Å²) < 4.78 is 7.06. The van der Waals surface area contributed by atoms with Gasteiger partial charge in [0, 0.05) is 12.4 Å². The summed E-state index contributed by atoms with van der Waals surface area (Å²) in [6.45, 7) is 1.90. The molecule has 0 radical (unpaired) electrons. The molecule has 1 N–H and O–H groups in total. The van der Waals surface area contributed by atoms with E-state index in [1.165, 1.54) is 0 Å². The van der Waals surface area contributed by atoms with Crippen molar-refractivity contribution in [1.29, 1.82) is 0 Å². The van der Waals surface area contributed by atoms with Crippen LogP contribution in [0.15, 0.2) is 55.0 Å². The predicted molar refractivity (Wildman–Crippen MR) is 97.5 cm³/mol. The summed E-state index contributed by atoms with van der Waals surface area (Å²) in [6.07, 6.45) is 6.87. The molecule has 4 rings (SSSR count). The number of ether oxygens (including phenoxy) is 1. The summed E-state index contributed by atoms with van der Waals surface area (Å²) in [4.78, 5) is 16.9. The number of nitrogens with zero attached hydrogens (tertiary/aromatic N) is 3. The summed E-state index contributed by atoms with van der Waals surface area (Å²) >= 11 is 0. The highest BCUT2D eigenvalue weighted by Crippen LogP contribution is 2.46. The molecule has 1 aliphatic carbocycles. The normalized spacial score (nSPS) is 14.7. The molecule has 0 spiro atoms. The quantitative estimate of drug-likeness (QED) is 0.769. The number of carbonyl (C=O) groups is 1. The monoisotopic (exact) mass is 348 g/mol. The highest BCUT2D eigenvalue weighted by atomic mass is 16.5. The lowest BCUT2D eigenvalue weighted by atomic mass is 10.0. The first-order valence-corrected chi connectivity index (χ1v) is 8.55. The molecule has 2 aromatic heterocycles. The Kier molecular flexibility index (Phi) is 3.95. The molecule has 6 nitrogen and oxygen atoms in total. The third-order valence-corrected chi connectivity index (χ3v) is 4.89. The molecule has 0 bridgehead atoms. The summed E-state index contributed by atoms with van der Waals surface area (Å²) in [7, 11) is 1.65. The van der Waals surface area contributed by atoms with Crippen LogP contribution >= 0.6 is 0 Å². The van der Waals surface area contributed by atoms with Gasteiger partial charge >= 0.3 is 0 Å². The van der Waals surface area contributed by atoms with Gasteiger partial charge < -0.3 is 10.1 Å². The van der Waals surface area contributed by atoms with Crippen LogP contribution in [0.25, 0.3) is 5.69 Å². The van der Waals surface area contributed by atoms with Crippen molar-refractivity contribution in [3.8, 4) is 11.4 Å². The minimum Gasteiger partial charge on any atom is -0.497 e. The summed E-state index contributed by atoms with van der Waals surface area (Å²) in [5.41, 5.74) is 3.03. The maximum absolute atomic E-state index is 12.9. The third-order valence-electron chi connectivity index (χ3n) is 4.89. The molecule has 1 amide bonds. The molecule has 1 aliphatic rings. The Balaban J connectivity index is 1.58. The van der Waals surface area contributed by atoms with Crippen LogP contribution in [0.1, 0.15) is 34.5 Å². The van der Waals surface area contributed by atoms with E-state index < -0.39 is 0 Å². The standard InChI is InChI=1S/C20H20N4O2/c1-14-18(13-22-24(14)16-6-10-21-11-7-16)19(25)23-20(8-9-20)15-4-3-5-17(12-15)26-2/h3-7,10-13H,8-9H2,1-2H3,(H,23,25). The topological polar surface area (TPSA) is 69.0 Å². The summed E-state index contributed by atoms with van der Waals surface area (Å²) in [6, 6.07) is 11.6. The number of rotatable bonds is 5. The lowest BCUT2D eigenvalue weighted by Crippen LogP contribution is -2.35. The molecule has 6 heteroatoms. The highest BCUT2D eigenvalue weighted by Gasteiger charge is 2.46. The molecule has 0 saturated heterocycles. The van der Waals surface area contributed by atoms with Gasteiger partial charge in [-0.05, 0) is 49.6 Å². The second-order valence-corrected chi connectivity index (χ2v) is 6.53. The van der Waals surface area contributed by atoms with Gasteiger partial charge in [0.15, 0.2) is 0 Å². The van der Waals surface area contributed by atoms with Gasteiger partial charge in [0.2, 0.25) is 0 Å². The van der Waals surface area contributed by atoms with E-state index >= 15 is 0 Å². The van der Waals surface area contributed by atoms with Crippen LogP contribution in [-0.4, -0.2) is 27.8 Å². The van der Waals surface area contributed by atoms with Gasteiger partial charge in [-0.15, -0.1) is 0 Å². The van der Waals surface area contributed by atoms with Gasteiger partial charge in [0.1, 0.15) is 5.75 Å². The Morgan fingerprint density at radius 2 is 2.00 bits per heavy atom. The smallest absolute Gasteiger partial charge is 0.255 e. The second kappa shape index (κ2) is 6.29. The second-order valence-electron chi connectivity index (χ2n) is 6.53. The zero-order valence-electron chi connectivity index (χ0n) is 14.8. The average molecular weight is 348 g/mol. The molecular formula is C20H20N4O2. The molecule has 3 aromatic rings. The number of aromatic nitrogens is 3. The Labute approximate surface area is 151 Å². The zero-order chi connectivity index (χ0) is 18.1. The third kappa shape index (κ3) is 2.83. The van der Waals surface area contributed by atoms with E-state index in [4.69, 9.17) is 4.74 Å². The van der Waals surface area contributed by atoms with E-state index in [0.29, 0.717) is 5.56 Å². The number of benzene rings is 1. The van der Waals surface area contributed by atoms with Crippen molar-refractivity contribution in [2.24, 2.45) is 0 Å². The Morgan fingerprint density at radius 1 is 1.23 bits per heavy atom. The fraction of sp³-hybridized carbons (Fsp3) is 0.250. The number of hydrogen-bond acceptors (Lipinski definition) is 4. The Bertz CT molecular complexity index is 945. The molecule has 2 heterocycles. The van der Waals surface area contributed by atoms with Crippen molar-refractivity contribution >= 4 is 5.91 Å². The molecule has 26 heavy (non-hydrogen) atoms. The van der Waals surface area contributed by atoms with Gasteiger partial charge in [-0.3, -0.25) is 9.78 Å². The molecule has 1 fully saturated rings. The lowest BCUT2D eigenvalue weighted by molar-refractivity contribution is 0.0930. The number of pyridine rings is 1. The van der Waals surface area contributed by atoms with E-state index in [1.807, 2.05) is 43.3 Å². The molecule has 0 aliphatic heterocycles. The van der Waals surface area contributed by atoms with Crippen LogP contribution in [0.4, 0.5) is 0 Å². The molecule has 0 unspecified atom stereocenters. The van der Waals surface area contributed by atoms with Gasteiger partial charge in [-0.25, -0.2) is 4.68 Å². The molecule has 0 atom stereocenters. The van der Waals surface area contributed by atoms with Crippen molar-refractivity contribution in [3.63, 3.8) is 0 Å². The minimum absolute atomic E-state index is 0.108. The van der Waals surface area contributed by atoms with Crippen molar-refractivity contribution in [2.75, 3.05) is 7.11 Å². The SMILES string of the molecule is COc1cccc(C2(NC(=O)c3cnn(-c4ccncc4)c3C)CC2)c1. The number of nitrogens with one attached hydrogen (secondary N) is 1. The minimum atomic E-state index is -0.309. The molecule has 1 aromatic carbocycles. The number of carbonyl (C=O) groups excluding carboxylic acids is 1. The van der Waals surface area contributed by atoms with Gasteiger partial charge in [0.05, 0.1) is 35.8 Å². The first-order chi connectivity index (χ1) is 12.6. The molecule has 132 valence electrons. The molecule has 1 saturated carbocycles. The Hall–Kier alpha value is -3.15. The first kappa shape index (κ1) is 16.3. The van der Waals surface area contributed by atoms with E-state index in [-0.39, 0.29) is 11.4 Å². The summed E-state index contributed by atoms with van der Waals surface area (Å²) in [5.74, 6) is 0.688. The van der Waals surface area contributed by atoms with Crippen molar-refractivity contribution < 1.29 is 9.53 Å². The van der Waals surface area contributed by atoms with Gasteiger partial charge in [0.25, 0.3) is 5.91 Å². The van der Waals surface area contributed by atoms with Crippen molar-refractivity contribution in [1.82, 2.24) is 20.1 Å². The van der Waals surface area contributed by atoms with Crippen LogP contribution < -0.4 is 10.1 Å². The average Bonchev–Trinajstić information content (AvgIpc) is 3.36. The van der Waals surface area contributed by atoms with Gasteiger partial charge in [-0.1, -0.05) is 12.1 Å². The fourth-order valence-corrected chi connectivity index (χ4v) is 3.19. The van der Waals surface area contributed by atoms with Crippen molar-refractivity contribution in [2.45, 2.75) is 25.3 Å². The van der Waals surface area contributed by atoms with Crippen LogP contribution in [0.5, 0.6) is 5.75 Å². The zero-order valence-corrected chi connectivity index (χ0v) is 14.8. The summed E-state index contributed by atoms with van der Waals surface area (Å²) in [5, 5.41) is 7.56. The lowest BCUT2D eigenvalue weighted by Gasteiger charge is -2.18.